The van der Waals surface area contributed by atoms with E-state index in [1.807, 2.05) is 44.3 Å². The van der Waals surface area contributed by atoms with Gasteiger partial charge in [-0.25, -0.2) is 9.36 Å². The Morgan fingerprint density at radius 1 is 0.930 bits per heavy atom. The summed E-state index contributed by atoms with van der Waals surface area (Å²) >= 11 is 0. The molecule has 2 atom stereocenters. The number of ether oxygens (including phenoxy) is 1. The summed E-state index contributed by atoms with van der Waals surface area (Å²) in [7, 11) is 1.30. The number of nitrogens with zero attached hydrogens (tertiary/aromatic N) is 1. The summed E-state index contributed by atoms with van der Waals surface area (Å²) in [6, 6.07) is 6.99. The Morgan fingerprint density at radius 3 is 2.26 bits per heavy atom. The lowest BCUT2D eigenvalue weighted by Gasteiger charge is -2.17. The zero-order valence-electron chi connectivity index (χ0n) is 27.4. The van der Waals surface area contributed by atoms with Gasteiger partial charge in [-0.05, 0) is 56.4 Å². The van der Waals surface area contributed by atoms with Crippen molar-refractivity contribution < 1.29 is 28.8 Å². The maximum atomic E-state index is 12.6. The van der Waals surface area contributed by atoms with Crippen LogP contribution >= 0.6 is 0 Å². The van der Waals surface area contributed by atoms with Gasteiger partial charge in [0.1, 0.15) is 12.6 Å². The Bertz CT molecular complexity index is 1180. The number of methoxy groups -OCH3 is 1. The minimum atomic E-state index is -0.785. The second kappa shape index (κ2) is 18.3. The number of pyridine rings is 1. The minimum Gasteiger partial charge on any atom is -0.503 e. The van der Waals surface area contributed by atoms with E-state index in [0.717, 1.165) is 61.8 Å². The van der Waals surface area contributed by atoms with Gasteiger partial charge in [-0.2, -0.15) is 0 Å². The number of esters is 1. The first-order valence-corrected chi connectivity index (χ1v) is 15.8. The molecule has 1 heterocycles. The summed E-state index contributed by atoms with van der Waals surface area (Å²) in [5.74, 6) is 0.367. The second-order valence-corrected chi connectivity index (χ2v) is 12.7. The van der Waals surface area contributed by atoms with E-state index in [4.69, 9.17) is 4.74 Å². The molecule has 238 valence electrons. The highest BCUT2D eigenvalue weighted by molar-refractivity contribution is 5.85. The molecule has 8 nitrogen and oxygen atoms in total. The molecule has 0 aliphatic rings. The van der Waals surface area contributed by atoms with Crippen molar-refractivity contribution in [2.45, 2.75) is 105 Å². The van der Waals surface area contributed by atoms with Gasteiger partial charge in [0.25, 0.3) is 0 Å². The van der Waals surface area contributed by atoms with Crippen LogP contribution in [-0.2, 0) is 44.9 Å². The number of unbranched alkanes of at least 4 members (excludes halogenated alkanes) is 1. The Labute approximate surface area is 258 Å². The fraction of sp³-hybridized carbons (Fsp3) is 0.600. The van der Waals surface area contributed by atoms with Crippen molar-refractivity contribution in [2.75, 3.05) is 13.7 Å². The molecule has 0 bridgehead atoms. The molecule has 43 heavy (non-hydrogen) atoms. The molecule has 2 rings (SSSR count). The highest BCUT2D eigenvalue weighted by atomic mass is 16.5. The molecule has 1 aromatic heterocycles. The normalized spacial score (nSPS) is 12.7. The summed E-state index contributed by atoms with van der Waals surface area (Å²) in [5, 5.41) is 16.4. The Morgan fingerprint density at radius 2 is 1.63 bits per heavy atom. The Hall–Kier alpha value is -3.42. The molecular weight excluding hydrogens is 542 g/mol. The first kappa shape index (κ1) is 35.8. The van der Waals surface area contributed by atoms with Gasteiger partial charge in [0, 0.05) is 42.9 Å². The fourth-order valence-corrected chi connectivity index (χ4v) is 5.06. The predicted molar refractivity (Wildman–Crippen MR) is 169 cm³/mol. The van der Waals surface area contributed by atoms with E-state index >= 15 is 0 Å². The summed E-state index contributed by atoms with van der Waals surface area (Å²) in [6.45, 7) is 13.7. The first-order valence-electron chi connectivity index (χ1n) is 15.8. The van der Waals surface area contributed by atoms with Gasteiger partial charge in [0.15, 0.2) is 11.9 Å². The third kappa shape index (κ3) is 13.2. The SMILES string of the molecule is COC(=O)C(Cc1ccc(C)cc1)NC(=O)CCNC(=O)C(C)CCCC[n+]1cc(O)c(CC(C)C)c(CCC(C)C)c1. The van der Waals surface area contributed by atoms with E-state index in [-0.39, 0.29) is 30.7 Å². The lowest BCUT2D eigenvalue weighted by Crippen LogP contribution is -2.44. The number of carbonyl (C=O) groups excluding carboxylic acids is 3. The van der Waals surface area contributed by atoms with Crippen LogP contribution in [0.25, 0.3) is 0 Å². The van der Waals surface area contributed by atoms with Gasteiger partial charge >= 0.3 is 5.97 Å². The molecule has 0 aliphatic heterocycles. The molecule has 0 aliphatic carbocycles. The number of rotatable bonds is 18. The molecule has 2 aromatic rings. The summed E-state index contributed by atoms with van der Waals surface area (Å²) < 4.78 is 6.95. The Balaban J connectivity index is 1.78. The van der Waals surface area contributed by atoms with Crippen LogP contribution in [0, 0.1) is 24.7 Å². The summed E-state index contributed by atoms with van der Waals surface area (Å²) in [4.78, 5) is 37.4. The van der Waals surface area contributed by atoms with Crippen LogP contribution < -0.4 is 15.2 Å². The van der Waals surface area contributed by atoms with E-state index in [1.54, 1.807) is 0 Å². The largest absolute Gasteiger partial charge is 0.503 e. The number of aryl methyl sites for hydroxylation is 3. The number of aromatic hydroxyl groups is 1. The molecule has 0 saturated carbocycles. The van der Waals surface area contributed by atoms with Crippen molar-refractivity contribution in [1.29, 1.82) is 0 Å². The maximum absolute atomic E-state index is 12.6. The number of hydrogen-bond acceptors (Lipinski definition) is 5. The maximum Gasteiger partial charge on any atom is 0.328 e. The van der Waals surface area contributed by atoms with E-state index < -0.39 is 12.0 Å². The van der Waals surface area contributed by atoms with Gasteiger partial charge < -0.3 is 20.5 Å². The summed E-state index contributed by atoms with van der Waals surface area (Å²) in [5.41, 5.74) is 4.34. The average molecular weight is 597 g/mol. The monoisotopic (exact) mass is 596 g/mol. The number of aromatic nitrogens is 1. The number of amides is 2. The molecule has 3 N–H and O–H groups in total. The summed E-state index contributed by atoms with van der Waals surface area (Å²) in [6.07, 6.45) is 9.85. The molecule has 0 saturated heterocycles. The predicted octanol–water partition coefficient (Wildman–Crippen LogP) is 4.99. The van der Waals surface area contributed by atoms with Gasteiger partial charge in [-0.3, -0.25) is 9.59 Å². The van der Waals surface area contributed by atoms with Gasteiger partial charge in [0.05, 0.1) is 7.11 Å². The lowest BCUT2D eigenvalue weighted by atomic mass is 9.94. The Kier molecular flexibility index (Phi) is 15.2. The van der Waals surface area contributed by atoms with Crippen LogP contribution in [0.3, 0.4) is 0 Å². The van der Waals surface area contributed by atoms with Gasteiger partial charge in [0.2, 0.25) is 18.0 Å². The van der Waals surface area contributed by atoms with E-state index in [0.29, 0.717) is 24.0 Å². The van der Waals surface area contributed by atoms with Crippen molar-refractivity contribution in [3.8, 4) is 5.75 Å². The lowest BCUT2D eigenvalue weighted by molar-refractivity contribution is -0.698. The average Bonchev–Trinajstić information content (AvgIpc) is 2.95. The molecule has 1 aromatic carbocycles. The molecule has 0 fully saturated rings. The van der Waals surface area contributed by atoms with Crippen LogP contribution in [-0.4, -0.2) is 42.6 Å². The second-order valence-electron chi connectivity index (χ2n) is 12.7. The third-order valence-corrected chi connectivity index (χ3v) is 7.69. The van der Waals surface area contributed by atoms with Crippen molar-refractivity contribution >= 4 is 17.8 Å². The zero-order chi connectivity index (χ0) is 31.9. The smallest absolute Gasteiger partial charge is 0.328 e. The van der Waals surface area contributed by atoms with Crippen LogP contribution in [0.4, 0.5) is 0 Å². The van der Waals surface area contributed by atoms with Gasteiger partial charge in [-0.1, -0.05) is 64.4 Å². The number of hydrogen-bond donors (Lipinski definition) is 3. The molecule has 0 radical (unpaired) electrons. The van der Waals surface area contributed by atoms with Crippen molar-refractivity contribution in [2.24, 2.45) is 17.8 Å². The van der Waals surface area contributed by atoms with Crippen molar-refractivity contribution in [1.82, 2.24) is 10.6 Å². The van der Waals surface area contributed by atoms with Crippen LogP contribution in [0.2, 0.25) is 0 Å². The molecule has 2 amide bonds. The van der Waals surface area contributed by atoms with E-state index in [9.17, 15) is 19.5 Å². The highest BCUT2D eigenvalue weighted by Gasteiger charge is 2.22. The van der Waals surface area contributed by atoms with Crippen LogP contribution in [0.5, 0.6) is 5.75 Å². The van der Waals surface area contributed by atoms with Crippen LogP contribution in [0.1, 0.15) is 89.0 Å². The highest BCUT2D eigenvalue weighted by Crippen LogP contribution is 2.24. The molecule has 2 unspecified atom stereocenters. The van der Waals surface area contributed by atoms with Crippen LogP contribution in [0.15, 0.2) is 36.7 Å². The topological polar surface area (TPSA) is 109 Å². The van der Waals surface area contributed by atoms with E-state index in [1.165, 1.54) is 12.7 Å². The quantitative estimate of drug-likeness (QED) is 0.128. The van der Waals surface area contributed by atoms with E-state index in [2.05, 4.69) is 49.1 Å². The third-order valence-electron chi connectivity index (χ3n) is 7.69. The molecular formula is C35H54N3O5+. The first-order chi connectivity index (χ1) is 20.4. The van der Waals surface area contributed by atoms with Crippen molar-refractivity contribution in [3.63, 3.8) is 0 Å². The molecule has 8 heteroatoms. The standard InChI is InChI=1S/C35H53N3O5/c1-24(2)11-16-29-22-38(23-32(39)30(29)20-25(3)4)19-9-8-10-27(6)34(41)36-18-17-33(40)37-31(35(42)43-7)21-28-14-12-26(5)13-15-28/h12-15,22-25,27,31H,8-11,16-21H2,1-7H3,(H2-,36,37,39,40,41)/p+1. The minimum absolute atomic E-state index is 0.0753. The van der Waals surface area contributed by atoms with Crippen molar-refractivity contribution in [3.05, 3.63) is 58.9 Å². The number of nitrogens with one attached hydrogen (secondary N) is 2. The molecule has 0 spiro atoms. The number of carbonyl (C=O) groups is 3. The zero-order valence-corrected chi connectivity index (χ0v) is 27.4. The van der Waals surface area contributed by atoms with Gasteiger partial charge in [-0.15, -0.1) is 0 Å². The number of benzene rings is 1. The fourth-order valence-electron chi connectivity index (χ4n) is 5.06.